The molecule has 150 valence electrons. The Labute approximate surface area is 181 Å². The van der Waals surface area contributed by atoms with Gasteiger partial charge in [0.15, 0.2) is 0 Å². The third kappa shape index (κ3) is 3.08. The number of hydrogen-bond donors (Lipinski definition) is 0. The zero-order valence-corrected chi connectivity index (χ0v) is 17.8. The van der Waals surface area contributed by atoms with E-state index in [0.717, 1.165) is 44.3 Å². The van der Waals surface area contributed by atoms with E-state index < -0.39 is 0 Å². The van der Waals surface area contributed by atoms with E-state index in [2.05, 4.69) is 44.0 Å². The maximum absolute atomic E-state index is 9.83. The molecule has 0 amide bonds. The Balaban J connectivity index is 1.97. The minimum absolute atomic E-state index is 0.0709. The molecule has 0 bridgehead atoms. The number of fused-ring (bicyclic) bond motifs is 3. The van der Waals surface area contributed by atoms with Gasteiger partial charge < -0.3 is 4.42 Å². The smallest absolute Gasteiger partial charge is 0.145 e. The molecule has 0 spiro atoms. The van der Waals surface area contributed by atoms with Gasteiger partial charge in [0, 0.05) is 28.1 Å². The van der Waals surface area contributed by atoms with Crippen LogP contribution in [0.3, 0.4) is 0 Å². The molecule has 2 heterocycles. The minimum Gasteiger partial charge on any atom is -0.455 e. The van der Waals surface area contributed by atoms with E-state index in [-0.39, 0.29) is 5.41 Å². The lowest BCUT2D eigenvalue weighted by Crippen LogP contribution is -2.11. The van der Waals surface area contributed by atoms with Crippen LogP contribution in [-0.4, -0.2) is 4.98 Å². The van der Waals surface area contributed by atoms with Crippen molar-refractivity contribution in [3.63, 3.8) is 0 Å². The monoisotopic (exact) mass is 402 g/mol. The van der Waals surface area contributed by atoms with Gasteiger partial charge in [-0.2, -0.15) is 5.26 Å². The number of benzene rings is 3. The van der Waals surface area contributed by atoms with Gasteiger partial charge in [0.1, 0.15) is 11.2 Å². The summed E-state index contributed by atoms with van der Waals surface area (Å²) in [5, 5.41) is 11.9. The van der Waals surface area contributed by atoms with Gasteiger partial charge in [0.2, 0.25) is 0 Å². The molecule has 0 aliphatic carbocycles. The second-order valence-electron chi connectivity index (χ2n) is 8.77. The number of nitriles is 1. The zero-order valence-electron chi connectivity index (χ0n) is 17.8. The lowest BCUT2D eigenvalue weighted by atomic mass is 9.83. The van der Waals surface area contributed by atoms with Gasteiger partial charge in [-0.05, 0) is 46.9 Å². The van der Waals surface area contributed by atoms with Crippen molar-refractivity contribution >= 4 is 21.9 Å². The molecule has 0 fully saturated rings. The Morgan fingerprint density at radius 1 is 0.839 bits per heavy atom. The van der Waals surface area contributed by atoms with Crippen LogP contribution in [0.15, 0.2) is 83.4 Å². The van der Waals surface area contributed by atoms with Gasteiger partial charge in [-0.25, -0.2) is 0 Å². The molecule has 0 N–H and O–H groups in total. The number of rotatable bonds is 2. The molecular formula is C28H22N2O. The number of furan rings is 1. The van der Waals surface area contributed by atoms with Gasteiger partial charge >= 0.3 is 0 Å². The quantitative estimate of drug-likeness (QED) is 0.307. The number of pyridine rings is 1. The molecule has 2 aromatic heterocycles. The maximum Gasteiger partial charge on any atom is 0.145 e. The van der Waals surface area contributed by atoms with Crippen molar-refractivity contribution in [1.29, 1.82) is 5.26 Å². The van der Waals surface area contributed by atoms with Gasteiger partial charge in [-0.3, -0.25) is 4.98 Å². The number of aromatic nitrogens is 1. The normalized spacial score (nSPS) is 11.7. The van der Waals surface area contributed by atoms with Crippen molar-refractivity contribution in [3.8, 4) is 28.5 Å². The van der Waals surface area contributed by atoms with Gasteiger partial charge in [-0.1, -0.05) is 63.2 Å². The molecule has 0 aliphatic heterocycles. The molecule has 31 heavy (non-hydrogen) atoms. The summed E-state index contributed by atoms with van der Waals surface area (Å²) in [5.41, 5.74) is 6.94. The van der Waals surface area contributed by atoms with Crippen molar-refractivity contribution < 1.29 is 4.42 Å². The SMILES string of the molecule is CC(C)(C)c1ccc(-c2ccccn2)c2oc3c(-c4ccccc4)c(C#N)ccc3c12. The largest absolute Gasteiger partial charge is 0.455 e. The van der Waals surface area contributed by atoms with E-state index in [0.29, 0.717) is 5.56 Å². The van der Waals surface area contributed by atoms with Crippen LogP contribution in [0.25, 0.3) is 44.3 Å². The molecule has 0 saturated carbocycles. The number of nitrogens with zero attached hydrogens (tertiary/aromatic N) is 2. The average molecular weight is 402 g/mol. The summed E-state index contributed by atoms with van der Waals surface area (Å²) in [4.78, 5) is 4.56. The van der Waals surface area contributed by atoms with E-state index in [1.54, 1.807) is 6.20 Å². The lowest BCUT2D eigenvalue weighted by Gasteiger charge is -2.21. The molecule has 3 heteroatoms. The first kappa shape index (κ1) is 19.1. The summed E-state index contributed by atoms with van der Waals surface area (Å²) >= 11 is 0. The maximum atomic E-state index is 9.83. The topological polar surface area (TPSA) is 49.8 Å². The average Bonchev–Trinajstić information content (AvgIpc) is 3.17. The Morgan fingerprint density at radius 3 is 2.29 bits per heavy atom. The van der Waals surface area contributed by atoms with Crippen LogP contribution in [0.5, 0.6) is 0 Å². The Bertz CT molecular complexity index is 1450. The molecule has 5 rings (SSSR count). The third-order valence-corrected chi connectivity index (χ3v) is 5.72. The van der Waals surface area contributed by atoms with E-state index in [1.165, 1.54) is 5.56 Å². The highest BCUT2D eigenvalue weighted by molar-refractivity contribution is 6.15. The van der Waals surface area contributed by atoms with E-state index >= 15 is 0 Å². The standard InChI is InChI=1S/C28H22N2O/c1-28(2,3)22-15-14-20(23-11-7-8-16-30-23)26-25(22)21-13-12-19(17-29)24(27(21)31-26)18-9-5-4-6-10-18/h4-16H,1-3H3. The van der Waals surface area contributed by atoms with Crippen molar-refractivity contribution in [1.82, 2.24) is 4.98 Å². The van der Waals surface area contributed by atoms with Crippen LogP contribution in [0.4, 0.5) is 0 Å². The van der Waals surface area contributed by atoms with Crippen LogP contribution in [0.2, 0.25) is 0 Å². The Hall–Kier alpha value is -3.90. The molecule has 3 aromatic carbocycles. The molecular weight excluding hydrogens is 380 g/mol. The third-order valence-electron chi connectivity index (χ3n) is 5.72. The Morgan fingerprint density at radius 2 is 1.61 bits per heavy atom. The van der Waals surface area contributed by atoms with Crippen LogP contribution in [0, 0.1) is 11.3 Å². The fourth-order valence-electron chi connectivity index (χ4n) is 4.28. The first-order valence-electron chi connectivity index (χ1n) is 10.4. The Kier molecular flexibility index (Phi) is 4.38. The summed E-state index contributed by atoms with van der Waals surface area (Å²) in [5.74, 6) is 0. The van der Waals surface area contributed by atoms with Gasteiger partial charge in [-0.15, -0.1) is 0 Å². The van der Waals surface area contributed by atoms with Crippen molar-refractivity contribution in [2.45, 2.75) is 26.2 Å². The highest BCUT2D eigenvalue weighted by Gasteiger charge is 2.25. The molecule has 5 aromatic rings. The fraction of sp³-hybridized carbons (Fsp3) is 0.143. The van der Waals surface area contributed by atoms with Crippen LogP contribution < -0.4 is 0 Å². The molecule has 0 saturated heterocycles. The first-order chi connectivity index (χ1) is 15.0. The fourth-order valence-corrected chi connectivity index (χ4v) is 4.28. The zero-order chi connectivity index (χ0) is 21.6. The predicted octanol–water partition coefficient (Wildman–Crippen LogP) is 7.48. The predicted molar refractivity (Wildman–Crippen MR) is 126 cm³/mol. The van der Waals surface area contributed by atoms with Crippen LogP contribution >= 0.6 is 0 Å². The summed E-state index contributed by atoms with van der Waals surface area (Å²) in [6.07, 6.45) is 1.80. The second kappa shape index (κ2) is 7.11. The summed E-state index contributed by atoms with van der Waals surface area (Å²) in [6, 6.07) is 26.4. The highest BCUT2D eigenvalue weighted by atomic mass is 16.3. The molecule has 0 aliphatic rings. The van der Waals surface area contributed by atoms with Crippen molar-refractivity contribution in [2.75, 3.05) is 0 Å². The van der Waals surface area contributed by atoms with Gasteiger partial charge in [0.05, 0.1) is 17.3 Å². The lowest BCUT2D eigenvalue weighted by molar-refractivity contribution is 0.595. The van der Waals surface area contributed by atoms with Crippen molar-refractivity contribution in [3.05, 3.63) is 90.1 Å². The summed E-state index contributed by atoms with van der Waals surface area (Å²) in [7, 11) is 0. The van der Waals surface area contributed by atoms with Gasteiger partial charge in [0.25, 0.3) is 0 Å². The highest BCUT2D eigenvalue weighted by Crippen LogP contribution is 2.44. The summed E-state index contributed by atoms with van der Waals surface area (Å²) < 4.78 is 6.61. The second-order valence-corrected chi connectivity index (χ2v) is 8.77. The molecule has 0 unspecified atom stereocenters. The van der Waals surface area contributed by atoms with E-state index in [4.69, 9.17) is 4.42 Å². The van der Waals surface area contributed by atoms with Crippen LogP contribution in [-0.2, 0) is 5.41 Å². The van der Waals surface area contributed by atoms with E-state index in [9.17, 15) is 5.26 Å². The molecule has 0 atom stereocenters. The van der Waals surface area contributed by atoms with Crippen molar-refractivity contribution in [2.24, 2.45) is 0 Å². The molecule has 0 radical (unpaired) electrons. The summed E-state index contributed by atoms with van der Waals surface area (Å²) in [6.45, 7) is 6.63. The van der Waals surface area contributed by atoms with Crippen LogP contribution in [0.1, 0.15) is 31.9 Å². The first-order valence-corrected chi connectivity index (χ1v) is 10.4. The number of hydrogen-bond acceptors (Lipinski definition) is 3. The minimum atomic E-state index is -0.0709. The van der Waals surface area contributed by atoms with E-state index in [1.807, 2.05) is 60.7 Å². The molecule has 3 nitrogen and oxygen atoms in total.